The van der Waals surface area contributed by atoms with E-state index >= 15 is 0 Å². The summed E-state index contributed by atoms with van der Waals surface area (Å²) in [4.78, 5) is 0. The van der Waals surface area contributed by atoms with Gasteiger partial charge in [0.15, 0.2) is 0 Å². The smallest absolute Gasteiger partial charge is 0.107 e. The van der Waals surface area contributed by atoms with Gasteiger partial charge in [0.2, 0.25) is 0 Å². The molecule has 0 heterocycles. The lowest BCUT2D eigenvalue weighted by atomic mass is 10.1. The lowest BCUT2D eigenvalue weighted by Gasteiger charge is -2.43. The number of nitrogens with zero attached hydrogens (tertiary/aromatic N) is 1. The minimum absolute atomic E-state index is 0.403. The van der Waals surface area contributed by atoms with Crippen molar-refractivity contribution in [2.24, 2.45) is 5.84 Å². The van der Waals surface area contributed by atoms with E-state index in [-0.39, 0.29) is 0 Å². The Labute approximate surface area is 50.2 Å². The summed E-state index contributed by atoms with van der Waals surface area (Å²) >= 11 is 0. The molecule has 0 aromatic heterocycles. The molecule has 0 radical (unpaired) electrons. The summed E-state index contributed by atoms with van der Waals surface area (Å²) in [6, 6.07) is 0. The molecule has 0 aromatic rings. The van der Waals surface area contributed by atoms with E-state index in [9.17, 15) is 5.21 Å². The van der Waals surface area contributed by atoms with E-state index in [2.05, 4.69) is 0 Å². The molecule has 0 saturated carbocycles. The molecule has 0 rings (SSSR count). The molecule has 0 aliphatic carbocycles. The van der Waals surface area contributed by atoms with Crippen LogP contribution in [0.15, 0.2) is 0 Å². The minimum atomic E-state index is -0.729. The first-order valence-electron chi connectivity index (χ1n) is 2.61. The SMILES string of the molecule is CC(C)(C)[N+](C)(N)[O-]. The van der Waals surface area contributed by atoms with Crippen LogP contribution in [0.25, 0.3) is 0 Å². The maximum atomic E-state index is 10.8. The van der Waals surface area contributed by atoms with Crippen molar-refractivity contribution in [2.45, 2.75) is 26.3 Å². The Morgan fingerprint density at radius 2 is 1.50 bits per heavy atom. The summed E-state index contributed by atoms with van der Waals surface area (Å²) in [5, 5.41) is 10.8. The molecular formula is C5H14N2O. The second-order valence-electron chi connectivity index (χ2n) is 3.16. The van der Waals surface area contributed by atoms with E-state index in [0.29, 0.717) is 0 Å². The summed E-state index contributed by atoms with van der Waals surface area (Å²) in [5.74, 6) is 5.19. The Kier molecular flexibility index (Phi) is 1.66. The zero-order valence-electron chi connectivity index (χ0n) is 5.93. The second-order valence-corrected chi connectivity index (χ2v) is 3.16. The average Bonchev–Trinajstić information content (AvgIpc) is 1.25. The van der Waals surface area contributed by atoms with Crippen LogP contribution >= 0.6 is 0 Å². The van der Waals surface area contributed by atoms with Crippen LogP contribution in [0, 0.1) is 5.21 Å². The maximum absolute atomic E-state index is 10.8. The van der Waals surface area contributed by atoms with E-state index in [1.54, 1.807) is 20.8 Å². The van der Waals surface area contributed by atoms with Crippen LogP contribution in [0.5, 0.6) is 0 Å². The first-order valence-corrected chi connectivity index (χ1v) is 2.61. The Morgan fingerprint density at radius 3 is 1.50 bits per heavy atom. The van der Waals surface area contributed by atoms with E-state index in [4.69, 9.17) is 5.84 Å². The van der Waals surface area contributed by atoms with Crippen molar-refractivity contribution in [1.29, 1.82) is 0 Å². The maximum Gasteiger partial charge on any atom is 0.107 e. The summed E-state index contributed by atoms with van der Waals surface area (Å²) in [7, 11) is 1.43. The summed E-state index contributed by atoms with van der Waals surface area (Å²) in [6.45, 7) is 5.42. The minimum Gasteiger partial charge on any atom is -0.612 e. The molecule has 0 amide bonds. The highest BCUT2D eigenvalue weighted by Crippen LogP contribution is 2.13. The topological polar surface area (TPSA) is 49.1 Å². The molecule has 0 aliphatic heterocycles. The van der Waals surface area contributed by atoms with Gasteiger partial charge in [0.05, 0.1) is 7.05 Å². The van der Waals surface area contributed by atoms with Gasteiger partial charge in [0.1, 0.15) is 5.54 Å². The lowest BCUT2D eigenvalue weighted by Crippen LogP contribution is -2.57. The Morgan fingerprint density at radius 1 is 1.38 bits per heavy atom. The van der Waals surface area contributed by atoms with E-state index in [0.717, 1.165) is 0 Å². The average molecular weight is 118 g/mol. The predicted octanol–water partition coefficient (Wildman–Crippen LogP) is 0.603. The van der Waals surface area contributed by atoms with Gasteiger partial charge < -0.3 is 5.21 Å². The van der Waals surface area contributed by atoms with Gasteiger partial charge in [-0.2, -0.15) is 5.84 Å². The first-order chi connectivity index (χ1) is 3.25. The van der Waals surface area contributed by atoms with Gasteiger partial charge in [0, 0.05) is 0 Å². The van der Waals surface area contributed by atoms with Gasteiger partial charge in [-0.15, -0.1) is 0 Å². The monoisotopic (exact) mass is 118 g/mol. The van der Waals surface area contributed by atoms with Crippen molar-refractivity contribution in [2.75, 3.05) is 7.05 Å². The quantitative estimate of drug-likeness (QED) is 0.288. The zero-order chi connectivity index (χ0) is 7.00. The fraction of sp³-hybridized carbons (Fsp3) is 1.00. The molecule has 3 heteroatoms. The number of hydroxylamine groups is 2. The molecule has 0 spiro atoms. The molecule has 0 aromatic carbocycles. The van der Waals surface area contributed by atoms with E-state index in [1.807, 2.05) is 0 Å². The van der Waals surface area contributed by atoms with Crippen molar-refractivity contribution >= 4 is 0 Å². The molecule has 50 valence electrons. The third-order valence-electron chi connectivity index (χ3n) is 1.33. The van der Waals surface area contributed by atoms with Gasteiger partial charge in [-0.3, -0.25) is 4.76 Å². The van der Waals surface area contributed by atoms with Gasteiger partial charge >= 0.3 is 0 Å². The van der Waals surface area contributed by atoms with Crippen molar-refractivity contribution in [3.05, 3.63) is 5.21 Å². The van der Waals surface area contributed by atoms with E-state index < -0.39 is 10.3 Å². The molecule has 8 heavy (non-hydrogen) atoms. The highest BCUT2D eigenvalue weighted by atomic mass is 16.6. The van der Waals surface area contributed by atoms with Gasteiger partial charge in [-0.05, 0) is 20.8 Å². The normalized spacial score (nSPS) is 20.2. The Bertz CT molecular complexity index is 65.4. The van der Waals surface area contributed by atoms with Crippen LogP contribution in [0.1, 0.15) is 20.8 Å². The van der Waals surface area contributed by atoms with Crippen LogP contribution in [-0.4, -0.2) is 17.3 Å². The number of rotatable bonds is 0. The van der Waals surface area contributed by atoms with Crippen molar-refractivity contribution in [3.8, 4) is 0 Å². The molecule has 1 unspecified atom stereocenters. The summed E-state index contributed by atoms with van der Waals surface area (Å²) in [5.41, 5.74) is -0.403. The molecule has 1 atom stereocenters. The standard InChI is InChI=1S/C5H14N2O/c1-5(2,3)7(4,6)8/h6H2,1-4H3. The highest BCUT2D eigenvalue weighted by molar-refractivity contribution is 4.58. The van der Waals surface area contributed by atoms with Gasteiger partial charge in [0.25, 0.3) is 0 Å². The second kappa shape index (κ2) is 1.69. The number of nitrogens with two attached hydrogens (primary N) is 1. The summed E-state index contributed by atoms with van der Waals surface area (Å²) < 4.78 is -0.729. The fourth-order valence-corrected chi connectivity index (χ4v) is 0. The van der Waals surface area contributed by atoms with E-state index in [1.165, 1.54) is 7.05 Å². The van der Waals surface area contributed by atoms with Crippen molar-refractivity contribution in [1.82, 2.24) is 0 Å². The molecule has 0 aliphatic rings. The zero-order valence-corrected chi connectivity index (χ0v) is 5.93. The van der Waals surface area contributed by atoms with Crippen molar-refractivity contribution in [3.63, 3.8) is 0 Å². The number of quaternary nitrogens is 1. The molecule has 0 fully saturated rings. The van der Waals surface area contributed by atoms with Crippen molar-refractivity contribution < 1.29 is 4.76 Å². The van der Waals surface area contributed by atoms with Crippen LogP contribution < -0.4 is 5.84 Å². The first kappa shape index (κ1) is 7.88. The van der Waals surface area contributed by atoms with Crippen LogP contribution in [0.3, 0.4) is 0 Å². The Balaban J connectivity index is 4.02. The predicted molar refractivity (Wildman–Crippen MR) is 33.5 cm³/mol. The van der Waals surface area contributed by atoms with Gasteiger partial charge in [-0.1, -0.05) is 0 Å². The molecule has 0 saturated heterocycles. The summed E-state index contributed by atoms with van der Waals surface area (Å²) in [6.07, 6.45) is 0. The molecule has 3 nitrogen and oxygen atoms in total. The number of hydrogen-bond acceptors (Lipinski definition) is 2. The highest BCUT2D eigenvalue weighted by Gasteiger charge is 2.23. The fourth-order valence-electron chi connectivity index (χ4n) is 0. The van der Waals surface area contributed by atoms with Crippen LogP contribution in [0.4, 0.5) is 0 Å². The number of hydrogen-bond donors (Lipinski definition) is 1. The molecule has 0 bridgehead atoms. The van der Waals surface area contributed by atoms with Crippen LogP contribution in [-0.2, 0) is 0 Å². The van der Waals surface area contributed by atoms with Gasteiger partial charge in [-0.25, -0.2) is 0 Å². The third kappa shape index (κ3) is 1.78. The molecule has 2 N–H and O–H groups in total. The molecular weight excluding hydrogens is 104 g/mol. The third-order valence-corrected chi connectivity index (χ3v) is 1.33. The Hall–Kier alpha value is -0.120. The largest absolute Gasteiger partial charge is 0.612 e. The lowest BCUT2D eigenvalue weighted by molar-refractivity contribution is -0.919. The van der Waals surface area contributed by atoms with Crippen LogP contribution in [0.2, 0.25) is 0 Å².